The molecule has 128 valence electrons. The normalized spacial score (nSPS) is 12.0. The lowest BCUT2D eigenvalue weighted by molar-refractivity contribution is -0.116. The zero-order chi connectivity index (χ0) is 17.5. The van der Waals surface area contributed by atoms with Crippen LogP contribution in [0.15, 0.2) is 10.6 Å². The fraction of sp³-hybridized carbons (Fsp3) is 0.500. The summed E-state index contributed by atoms with van der Waals surface area (Å²) in [7, 11) is 1.82. The van der Waals surface area contributed by atoms with Crippen LogP contribution in [0, 0.1) is 6.92 Å². The van der Waals surface area contributed by atoms with E-state index >= 15 is 0 Å². The summed E-state index contributed by atoms with van der Waals surface area (Å²) in [5.74, 6) is 1.84. The third-order valence-corrected chi connectivity index (χ3v) is 3.84. The maximum absolute atomic E-state index is 12.2. The lowest BCUT2D eigenvalue weighted by Crippen LogP contribution is -2.13. The van der Waals surface area contributed by atoms with Gasteiger partial charge in [-0.3, -0.25) is 9.89 Å². The van der Waals surface area contributed by atoms with Crippen LogP contribution in [-0.2, 0) is 23.7 Å². The molecule has 8 heteroatoms. The summed E-state index contributed by atoms with van der Waals surface area (Å²) >= 11 is 0. The first-order valence-corrected chi connectivity index (χ1v) is 7.88. The van der Waals surface area contributed by atoms with Crippen LogP contribution in [-0.4, -0.2) is 30.9 Å². The minimum atomic E-state index is -0.126. The number of H-pyrrole nitrogens is 1. The molecule has 0 aliphatic heterocycles. The van der Waals surface area contributed by atoms with Gasteiger partial charge < -0.3 is 9.73 Å². The Kier molecular flexibility index (Phi) is 3.90. The van der Waals surface area contributed by atoms with Crippen molar-refractivity contribution in [3.8, 4) is 0 Å². The average Bonchev–Trinajstić information content (AvgIpc) is 3.16. The molecule has 0 unspecified atom stereocenters. The van der Waals surface area contributed by atoms with E-state index < -0.39 is 0 Å². The van der Waals surface area contributed by atoms with E-state index in [4.69, 9.17) is 4.42 Å². The van der Waals surface area contributed by atoms with E-state index in [1.54, 1.807) is 10.9 Å². The first-order chi connectivity index (χ1) is 11.3. The predicted octanol–water partition coefficient (Wildman–Crippen LogP) is 2.46. The zero-order valence-corrected chi connectivity index (χ0v) is 14.6. The number of hydrogen-bond donors (Lipinski definition) is 2. The quantitative estimate of drug-likeness (QED) is 0.765. The Hall–Kier alpha value is -2.64. The van der Waals surface area contributed by atoms with Crippen molar-refractivity contribution in [3.05, 3.63) is 23.5 Å². The molecule has 0 spiro atoms. The number of anilines is 1. The summed E-state index contributed by atoms with van der Waals surface area (Å²) in [6.07, 6.45) is 2.46. The van der Waals surface area contributed by atoms with Gasteiger partial charge in [0.2, 0.25) is 5.91 Å². The smallest absolute Gasteiger partial charge is 0.226 e. The highest BCUT2D eigenvalue weighted by atomic mass is 16.4. The molecular formula is C16H22N6O2. The molecule has 1 amide bonds. The van der Waals surface area contributed by atoms with E-state index in [9.17, 15) is 4.79 Å². The number of nitrogens with zero attached hydrogens (tertiary/aromatic N) is 4. The number of oxazole rings is 1. The summed E-state index contributed by atoms with van der Waals surface area (Å²) in [5, 5.41) is 15.0. The second-order valence-corrected chi connectivity index (χ2v) is 6.92. The van der Waals surface area contributed by atoms with Gasteiger partial charge >= 0.3 is 0 Å². The summed E-state index contributed by atoms with van der Waals surface area (Å²) < 4.78 is 7.38. The topological polar surface area (TPSA) is 102 Å². The number of fused-ring (bicyclic) bond motifs is 1. The van der Waals surface area contributed by atoms with Gasteiger partial charge in [-0.25, -0.2) is 9.67 Å². The molecule has 0 saturated carbocycles. The predicted molar refractivity (Wildman–Crippen MR) is 89.8 cm³/mol. The van der Waals surface area contributed by atoms with Crippen molar-refractivity contribution in [1.29, 1.82) is 0 Å². The highest BCUT2D eigenvalue weighted by Gasteiger charge is 2.20. The molecular weight excluding hydrogens is 308 g/mol. The summed E-state index contributed by atoms with van der Waals surface area (Å²) in [5.41, 5.74) is 1.44. The van der Waals surface area contributed by atoms with Crippen LogP contribution < -0.4 is 5.32 Å². The Bertz CT molecular complexity index is 880. The van der Waals surface area contributed by atoms with Crippen molar-refractivity contribution in [2.24, 2.45) is 7.05 Å². The molecule has 0 fully saturated rings. The number of aromatic amines is 1. The van der Waals surface area contributed by atoms with Gasteiger partial charge in [-0.1, -0.05) is 20.8 Å². The number of aromatic nitrogens is 5. The fourth-order valence-corrected chi connectivity index (χ4v) is 2.52. The number of carbonyl (C=O) groups excluding carboxylic acids is 1. The van der Waals surface area contributed by atoms with Crippen LogP contribution in [0.25, 0.3) is 11.0 Å². The van der Waals surface area contributed by atoms with E-state index in [1.165, 1.54) is 0 Å². The first-order valence-electron chi connectivity index (χ1n) is 7.88. The molecule has 0 atom stereocenters. The molecule has 2 N–H and O–H groups in total. The van der Waals surface area contributed by atoms with Gasteiger partial charge in [0.1, 0.15) is 11.6 Å². The molecule has 3 aromatic rings. The molecule has 3 heterocycles. The lowest BCUT2D eigenvalue weighted by Gasteiger charge is -2.13. The highest BCUT2D eigenvalue weighted by Crippen LogP contribution is 2.24. The Morgan fingerprint density at radius 3 is 2.83 bits per heavy atom. The molecule has 0 aromatic carbocycles. The van der Waals surface area contributed by atoms with Crippen molar-refractivity contribution in [1.82, 2.24) is 25.0 Å². The number of hydrogen-bond acceptors (Lipinski definition) is 5. The van der Waals surface area contributed by atoms with Crippen molar-refractivity contribution in [3.63, 3.8) is 0 Å². The lowest BCUT2D eigenvalue weighted by atomic mass is 9.94. The first kappa shape index (κ1) is 16.2. The Morgan fingerprint density at radius 1 is 1.42 bits per heavy atom. The van der Waals surface area contributed by atoms with E-state index in [0.29, 0.717) is 23.8 Å². The van der Waals surface area contributed by atoms with Crippen LogP contribution in [0.1, 0.15) is 44.5 Å². The largest absolute Gasteiger partial charge is 0.445 e. The summed E-state index contributed by atoms with van der Waals surface area (Å²) in [4.78, 5) is 16.4. The Balaban J connectivity index is 1.64. The molecule has 0 aliphatic carbocycles. The number of carbonyl (C=O) groups is 1. The van der Waals surface area contributed by atoms with Crippen molar-refractivity contribution < 1.29 is 9.21 Å². The number of nitrogens with one attached hydrogen (secondary N) is 2. The minimum absolute atomic E-state index is 0.0904. The molecule has 3 aromatic heterocycles. The van der Waals surface area contributed by atoms with Crippen LogP contribution in [0.5, 0.6) is 0 Å². The van der Waals surface area contributed by atoms with Crippen LogP contribution in [0.4, 0.5) is 5.82 Å². The Labute approximate surface area is 139 Å². The second kappa shape index (κ2) is 5.77. The zero-order valence-electron chi connectivity index (χ0n) is 14.6. The number of rotatable bonds is 4. The third kappa shape index (κ3) is 3.04. The van der Waals surface area contributed by atoms with Gasteiger partial charge in [0.25, 0.3) is 0 Å². The van der Waals surface area contributed by atoms with E-state index in [1.807, 2.05) is 14.0 Å². The van der Waals surface area contributed by atoms with Crippen molar-refractivity contribution in [2.75, 3.05) is 5.32 Å². The SMILES string of the molecule is Cc1nn(C)c2n[nH]c(NC(=O)CCc3ncc(C(C)(C)C)o3)c12. The standard InChI is InChI=1S/C16H22N6O2/c1-9-13-14(19-20-15(13)22(5)21-9)18-11(23)6-7-12-17-8-10(24-12)16(2,3)4/h8H,6-7H2,1-5H3,(H2,18,19,20,23). The number of amides is 1. The van der Waals surface area contributed by atoms with Crippen LogP contribution in [0.2, 0.25) is 0 Å². The second-order valence-electron chi connectivity index (χ2n) is 6.92. The molecule has 0 bridgehead atoms. The monoisotopic (exact) mass is 330 g/mol. The summed E-state index contributed by atoms with van der Waals surface area (Å²) in [6.45, 7) is 8.06. The van der Waals surface area contributed by atoms with Gasteiger partial charge in [-0.15, -0.1) is 0 Å². The average molecular weight is 330 g/mol. The van der Waals surface area contributed by atoms with Gasteiger partial charge in [-0.2, -0.15) is 10.2 Å². The molecule has 0 aliphatic rings. The Morgan fingerprint density at radius 2 is 2.17 bits per heavy atom. The van der Waals surface area contributed by atoms with E-state index in [-0.39, 0.29) is 17.7 Å². The maximum Gasteiger partial charge on any atom is 0.226 e. The van der Waals surface area contributed by atoms with E-state index in [2.05, 4.69) is 46.4 Å². The van der Waals surface area contributed by atoms with Crippen molar-refractivity contribution >= 4 is 22.8 Å². The molecule has 0 radical (unpaired) electrons. The van der Waals surface area contributed by atoms with Gasteiger partial charge in [0.15, 0.2) is 11.5 Å². The summed E-state index contributed by atoms with van der Waals surface area (Å²) in [6, 6.07) is 0. The van der Waals surface area contributed by atoms with Crippen LogP contribution >= 0.6 is 0 Å². The molecule has 3 rings (SSSR count). The molecule has 24 heavy (non-hydrogen) atoms. The van der Waals surface area contributed by atoms with Gasteiger partial charge in [-0.05, 0) is 6.92 Å². The van der Waals surface area contributed by atoms with Crippen molar-refractivity contribution in [2.45, 2.75) is 46.0 Å². The molecule has 8 nitrogen and oxygen atoms in total. The van der Waals surface area contributed by atoms with Gasteiger partial charge in [0.05, 0.1) is 17.3 Å². The third-order valence-electron chi connectivity index (χ3n) is 3.84. The minimum Gasteiger partial charge on any atom is -0.445 e. The van der Waals surface area contributed by atoms with Gasteiger partial charge in [0, 0.05) is 25.3 Å². The molecule has 0 saturated heterocycles. The van der Waals surface area contributed by atoms with Crippen LogP contribution in [0.3, 0.4) is 0 Å². The van der Waals surface area contributed by atoms with E-state index in [0.717, 1.165) is 16.8 Å². The maximum atomic E-state index is 12.2. The number of aryl methyl sites for hydroxylation is 3. The highest BCUT2D eigenvalue weighted by molar-refractivity contribution is 5.99. The fourth-order valence-electron chi connectivity index (χ4n) is 2.52.